The van der Waals surface area contributed by atoms with Gasteiger partial charge in [0.1, 0.15) is 10.8 Å². The highest BCUT2D eigenvalue weighted by atomic mass is 32.1. The number of fused-ring (bicyclic) bond motifs is 1. The molecule has 1 unspecified atom stereocenters. The highest BCUT2D eigenvalue weighted by Gasteiger charge is 2.22. The summed E-state index contributed by atoms with van der Waals surface area (Å²) >= 11 is 1.79. The van der Waals surface area contributed by atoms with Gasteiger partial charge in [0.2, 0.25) is 0 Å². The lowest BCUT2D eigenvalue weighted by molar-refractivity contribution is 0.594. The molecule has 0 aliphatic heterocycles. The van der Waals surface area contributed by atoms with Crippen LogP contribution in [-0.4, -0.2) is 11.5 Å². The molecule has 0 bridgehead atoms. The summed E-state index contributed by atoms with van der Waals surface area (Å²) in [6.45, 7) is 4.71. The van der Waals surface area contributed by atoms with E-state index in [9.17, 15) is 4.39 Å². The van der Waals surface area contributed by atoms with E-state index in [4.69, 9.17) is 4.98 Å². The SMILES string of the molecule is CCNC(c1ccc(C)c(F)c1)c1nc2c(s1)CCCC2. The van der Waals surface area contributed by atoms with E-state index in [1.165, 1.54) is 23.4 Å². The smallest absolute Gasteiger partial charge is 0.126 e. The molecule has 4 heteroatoms. The Kier molecular flexibility index (Phi) is 4.36. The van der Waals surface area contributed by atoms with Crippen molar-refractivity contribution in [2.75, 3.05) is 6.54 Å². The van der Waals surface area contributed by atoms with E-state index in [0.29, 0.717) is 5.56 Å². The Labute approximate surface area is 129 Å². The Bertz CT molecular complexity index is 612. The number of nitrogens with zero attached hydrogens (tertiary/aromatic N) is 1. The molecule has 1 aliphatic carbocycles. The quantitative estimate of drug-likeness (QED) is 0.917. The fourth-order valence-corrected chi connectivity index (χ4v) is 4.09. The van der Waals surface area contributed by atoms with Crippen molar-refractivity contribution in [2.45, 2.75) is 45.6 Å². The number of rotatable bonds is 4. The van der Waals surface area contributed by atoms with E-state index in [1.54, 1.807) is 24.3 Å². The van der Waals surface area contributed by atoms with Gasteiger partial charge in [0.25, 0.3) is 0 Å². The summed E-state index contributed by atoms with van der Waals surface area (Å²) < 4.78 is 13.9. The van der Waals surface area contributed by atoms with Gasteiger partial charge < -0.3 is 5.32 Å². The summed E-state index contributed by atoms with van der Waals surface area (Å²) in [6, 6.07) is 5.50. The zero-order valence-electron chi connectivity index (χ0n) is 12.6. The third kappa shape index (κ3) is 3.01. The van der Waals surface area contributed by atoms with Crippen LogP contribution in [0.2, 0.25) is 0 Å². The molecule has 1 atom stereocenters. The zero-order chi connectivity index (χ0) is 14.8. The van der Waals surface area contributed by atoms with Gasteiger partial charge in [-0.2, -0.15) is 0 Å². The van der Waals surface area contributed by atoms with Gasteiger partial charge in [-0.15, -0.1) is 11.3 Å². The van der Waals surface area contributed by atoms with Gasteiger partial charge in [-0.3, -0.25) is 0 Å². The lowest BCUT2D eigenvalue weighted by atomic mass is 10.0. The van der Waals surface area contributed by atoms with Crippen LogP contribution in [0, 0.1) is 12.7 Å². The molecule has 1 aliphatic rings. The number of halogens is 1. The normalized spacial score (nSPS) is 15.8. The van der Waals surface area contributed by atoms with Crippen LogP contribution in [0.25, 0.3) is 0 Å². The molecule has 3 rings (SSSR count). The molecule has 0 fully saturated rings. The molecular weight excluding hydrogens is 283 g/mol. The molecule has 0 saturated heterocycles. The molecule has 0 amide bonds. The third-order valence-electron chi connectivity index (χ3n) is 4.05. The number of hydrogen-bond donors (Lipinski definition) is 1. The van der Waals surface area contributed by atoms with Gasteiger partial charge in [0, 0.05) is 4.88 Å². The second kappa shape index (κ2) is 6.24. The predicted octanol–water partition coefficient (Wildman–Crippen LogP) is 4.17. The fourth-order valence-electron chi connectivity index (χ4n) is 2.84. The highest BCUT2D eigenvalue weighted by molar-refractivity contribution is 7.11. The topological polar surface area (TPSA) is 24.9 Å². The summed E-state index contributed by atoms with van der Waals surface area (Å²) in [4.78, 5) is 6.25. The Hall–Kier alpha value is -1.26. The largest absolute Gasteiger partial charge is 0.305 e. The summed E-state index contributed by atoms with van der Waals surface area (Å²) in [5.74, 6) is -0.142. The lowest BCUT2D eigenvalue weighted by Crippen LogP contribution is -2.22. The van der Waals surface area contributed by atoms with E-state index in [-0.39, 0.29) is 11.9 Å². The maximum atomic E-state index is 13.9. The van der Waals surface area contributed by atoms with Crippen molar-refractivity contribution in [3.8, 4) is 0 Å². The third-order valence-corrected chi connectivity index (χ3v) is 5.27. The van der Waals surface area contributed by atoms with Crippen LogP contribution in [0.15, 0.2) is 18.2 Å². The standard InChI is InChI=1S/C17H21FN2S/c1-3-19-16(12-9-8-11(2)13(18)10-12)17-20-14-6-4-5-7-15(14)21-17/h8-10,16,19H,3-7H2,1-2H3. The minimum absolute atomic E-state index is 0.000648. The van der Waals surface area contributed by atoms with Crippen molar-refractivity contribution in [1.82, 2.24) is 10.3 Å². The Morgan fingerprint density at radius 1 is 1.33 bits per heavy atom. The number of nitrogens with one attached hydrogen (secondary N) is 1. The van der Waals surface area contributed by atoms with Crippen LogP contribution in [0.3, 0.4) is 0 Å². The molecule has 0 radical (unpaired) electrons. The first-order valence-corrected chi connectivity index (χ1v) is 8.48. The average Bonchev–Trinajstić information content (AvgIpc) is 2.91. The van der Waals surface area contributed by atoms with Crippen LogP contribution < -0.4 is 5.32 Å². The Morgan fingerprint density at radius 3 is 2.86 bits per heavy atom. The van der Waals surface area contributed by atoms with E-state index in [1.807, 2.05) is 12.1 Å². The van der Waals surface area contributed by atoms with Crippen LogP contribution >= 0.6 is 11.3 Å². The summed E-state index contributed by atoms with van der Waals surface area (Å²) in [7, 11) is 0. The first-order valence-electron chi connectivity index (χ1n) is 7.67. The molecule has 1 N–H and O–H groups in total. The minimum Gasteiger partial charge on any atom is -0.305 e. The molecule has 2 aromatic rings. The van der Waals surface area contributed by atoms with Crippen molar-refractivity contribution < 1.29 is 4.39 Å². The second-order valence-corrected chi connectivity index (χ2v) is 6.74. The second-order valence-electron chi connectivity index (χ2n) is 5.63. The number of hydrogen-bond acceptors (Lipinski definition) is 3. The van der Waals surface area contributed by atoms with Gasteiger partial charge in [-0.25, -0.2) is 9.37 Å². The number of aromatic nitrogens is 1. The van der Waals surface area contributed by atoms with Crippen molar-refractivity contribution in [2.24, 2.45) is 0 Å². The molecule has 1 aromatic carbocycles. The molecule has 1 heterocycles. The molecule has 0 saturated carbocycles. The van der Waals surface area contributed by atoms with Crippen LogP contribution in [0.4, 0.5) is 4.39 Å². The summed E-state index contributed by atoms with van der Waals surface area (Å²) in [5, 5.41) is 4.53. The first kappa shape index (κ1) is 14.7. The molecule has 1 aromatic heterocycles. The average molecular weight is 304 g/mol. The minimum atomic E-state index is -0.142. The molecule has 2 nitrogen and oxygen atoms in total. The monoisotopic (exact) mass is 304 g/mol. The van der Waals surface area contributed by atoms with Gasteiger partial charge >= 0.3 is 0 Å². The molecule has 112 valence electrons. The number of benzene rings is 1. The van der Waals surface area contributed by atoms with E-state index >= 15 is 0 Å². The van der Waals surface area contributed by atoms with Crippen molar-refractivity contribution in [3.63, 3.8) is 0 Å². The van der Waals surface area contributed by atoms with Gasteiger partial charge in [0.15, 0.2) is 0 Å². The van der Waals surface area contributed by atoms with E-state index in [2.05, 4.69) is 12.2 Å². The fraction of sp³-hybridized carbons (Fsp3) is 0.471. The summed E-state index contributed by atoms with van der Waals surface area (Å²) in [6.07, 6.45) is 4.74. The van der Waals surface area contributed by atoms with E-state index < -0.39 is 0 Å². The van der Waals surface area contributed by atoms with Crippen molar-refractivity contribution >= 4 is 11.3 Å². The van der Waals surface area contributed by atoms with E-state index in [0.717, 1.165) is 30.0 Å². The Morgan fingerprint density at radius 2 is 2.14 bits per heavy atom. The number of thiazole rings is 1. The van der Waals surface area contributed by atoms with Crippen molar-refractivity contribution in [1.29, 1.82) is 0 Å². The van der Waals surface area contributed by atoms with Gasteiger partial charge in [0.05, 0.1) is 11.7 Å². The van der Waals surface area contributed by atoms with Gasteiger partial charge in [-0.1, -0.05) is 19.1 Å². The Balaban J connectivity index is 1.96. The predicted molar refractivity (Wildman–Crippen MR) is 85.4 cm³/mol. The number of aryl methyl sites for hydroxylation is 3. The van der Waals surface area contributed by atoms with Crippen LogP contribution in [0.1, 0.15) is 52.5 Å². The maximum absolute atomic E-state index is 13.9. The van der Waals surface area contributed by atoms with Crippen molar-refractivity contribution in [3.05, 3.63) is 50.7 Å². The highest BCUT2D eigenvalue weighted by Crippen LogP contribution is 2.33. The summed E-state index contributed by atoms with van der Waals surface area (Å²) in [5.41, 5.74) is 2.91. The van der Waals surface area contributed by atoms with Gasteiger partial charge in [-0.05, 0) is 56.3 Å². The molecular formula is C17H21FN2S. The van der Waals surface area contributed by atoms with Crippen LogP contribution in [-0.2, 0) is 12.8 Å². The molecule has 0 spiro atoms. The zero-order valence-corrected chi connectivity index (χ0v) is 13.4. The maximum Gasteiger partial charge on any atom is 0.126 e. The molecule has 21 heavy (non-hydrogen) atoms. The van der Waals surface area contributed by atoms with Crippen LogP contribution in [0.5, 0.6) is 0 Å². The lowest BCUT2D eigenvalue weighted by Gasteiger charge is -2.16. The first-order chi connectivity index (χ1) is 10.2.